The summed E-state index contributed by atoms with van der Waals surface area (Å²) in [5, 5.41) is 3.36. The van der Waals surface area contributed by atoms with Gasteiger partial charge in [-0.3, -0.25) is 4.79 Å². The van der Waals surface area contributed by atoms with Gasteiger partial charge in [-0.2, -0.15) is 0 Å². The number of halogens is 2. The number of carbonyl (C=O) groups excluding carboxylic acids is 1. The molecule has 5 heteroatoms. The quantitative estimate of drug-likeness (QED) is 0.830. The summed E-state index contributed by atoms with van der Waals surface area (Å²) in [6.07, 6.45) is 2.06. The van der Waals surface area contributed by atoms with Gasteiger partial charge >= 0.3 is 0 Å². The number of nitrogens with zero attached hydrogens (tertiary/aromatic N) is 1. The highest BCUT2D eigenvalue weighted by atomic mass is 35.5. The molecular formula is C11H12Cl2N2O. The van der Waals surface area contributed by atoms with E-state index in [9.17, 15) is 4.79 Å². The number of carbonyl (C=O) groups is 1. The van der Waals surface area contributed by atoms with Gasteiger partial charge in [-0.15, -0.1) is 0 Å². The Hall–Kier alpha value is -0.800. The van der Waals surface area contributed by atoms with Gasteiger partial charge in [0, 0.05) is 6.04 Å². The zero-order valence-corrected chi connectivity index (χ0v) is 10.3. The molecule has 3 nitrogen and oxygen atoms in total. The monoisotopic (exact) mass is 258 g/mol. The molecule has 0 atom stereocenters. The second kappa shape index (κ2) is 4.60. The predicted molar refractivity (Wildman–Crippen MR) is 63.9 cm³/mol. The molecule has 2 rings (SSSR count). The fraction of sp³-hybridized carbons (Fsp3) is 0.455. The van der Waals surface area contributed by atoms with E-state index in [0.717, 1.165) is 12.8 Å². The van der Waals surface area contributed by atoms with E-state index in [-0.39, 0.29) is 17.1 Å². The first-order valence-electron chi connectivity index (χ1n) is 5.19. The van der Waals surface area contributed by atoms with Gasteiger partial charge in [-0.05, 0) is 30.9 Å². The van der Waals surface area contributed by atoms with Crippen molar-refractivity contribution >= 4 is 29.1 Å². The van der Waals surface area contributed by atoms with Crippen LogP contribution in [-0.4, -0.2) is 16.9 Å². The number of aromatic nitrogens is 1. The maximum atomic E-state index is 11.8. The highest BCUT2D eigenvalue weighted by molar-refractivity contribution is 6.34. The first-order chi connectivity index (χ1) is 7.56. The Labute approximate surface area is 104 Å². The summed E-state index contributed by atoms with van der Waals surface area (Å²) in [5.41, 5.74) is 0.380. The van der Waals surface area contributed by atoms with Crippen molar-refractivity contribution in [3.05, 3.63) is 28.0 Å². The first-order valence-corrected chi connectivity index (χ1v) is 5.94. The van der Waals surface area contributed by atoms with Crippen LogP contribution in [0.5, 0.6) is 0 Å². The number of rotatable bonds is 2. The van der Waals surface area contributed by atoms with Gasteiger partial charge < -0.3 is 5.32 Å². The summed E-state index contributed by atoms with van der Waals surface area (Å²) >= 11 is 11.5. The van der Waals surface area contributed by atoms with Gasteiger partial charge in [0.15, 0.2) is 0 Å². The summed E-state index contributed by atoms with van der Waals surface area (Å²) < 4.78 is 0. The predicted octanol–water partition coefficient (Wildman–Crippen LogP) is 2.92. The van der Waals surface area contributed by atoms with Crippen molar-refractivity contribution in [3.63, 3.8) is 0 Å². The van der Waals surface area contributed by atoms with Crippen LogP contribution >= 0.6 is 23.2 Å². The van der Waals surface area contributed by atoms with Crippen molar-refractivity contribution in [1.29, 1.82) is 0 Å². The minimum atomic E-state index is -0.175. The smallest absolute Gasteiger partial charge is 0.254 e. The molecule has 0 unspecified atom stereocenters. The fourth-order valence-corrected chi connectivity index (χ4v) is 2.30. The average Bonchev–Trinajstić information content (AvgIpc) is 2.15. The normalized spacial score (nSPS) is 23.7. The average molecular weight is 259 g/mol. The minimum absolute atomic E-state index is 0.150. The molecule has 1 amide bonds. The van der Waals surface area contributed by atoms with E-state index in [1.165, 1.54) is 0 Å². The third kappa shape index (κ3) is 2.47. The maximum absolute atomic E-state index is 11.8. The van der Waals surface area contributed by atoms with E-state index in [4.69, 9.17) is 23.2 Å². The highest BCUT2D eigenvalue weighted by Crippen LogP contribution is 2.27. The summed E-state index contributed by atoms with van der Waals surface area (Å²) in [6, 6.07) is 3.43. The lowest BCUT2D eigenvalue weighted by Gasteiger charge is -2.33. The van der Waals surface area contributed by atoms with E-state index in [2.05, 4.69) is 17.2 Å². The molecule has 1 aliphatic rings. The molecule has 0 aliphatic heterocycles. The number of pyridine rings is 1. The van der Waals surface area contributed by atoms with Gasteiger partial charge in [-0.25, -0.2) is 4.98 Å². The Kier molecular flexibility index (Phi) is 3.36. The van der Waals surface area contributed by atoms with Crippen molar-refractivity contribution in [2.75, 3.05) is 0 Å². The molecule has 1 heterocycles. The van der Waals surface area contributed by atoms with Crippen molar-refractivity contribution in [1.82, 2.24) is 10.3 Å². The van der Waals surface area contributed by atoms with E-state index in [0.29, 0.717) is 16.6 Å². The number of amides is 1. The largest absolute Gasteiger partial charge is 0.349 e. The van der Waals surface area contributed by atoms with Crippen molar-refractivity contribution in [2.24, 2.45) is 5.92 Å². The summed E-state index contributed by atoms with van der Waals surface area (Å²) in [4.78, 5) is 15.6. The topological polar surface area (TPSA) is 42.0 Å². The summed E-state index contributed by atoms with van der Waals surface area (Å²) in [7, 11) is 0. The van der Waals surface area contributed by atoms with Crippen molar-refractivity contribution < 1.29 is 4.79 Å². The van der Waals surface area contributed by atoms with E-state index in [1.54, 1.807) is 12.1 Å². The Bertz CT molecular complexity index is 416. The molecule has 1 aliphatic carbocycles. The van der Waals surface area contributed by atoms with Crippen LogP contribution in [0.4, 0.5) is 0 Å². The van der Waals surface area contributed by atoms with E-state index in [1.807, 2.05) is 0 Å². The number of nitrogens with one attached hydrogen (secondary N) is 1. The second-order valence-corrected chi connectivity index (χ2v) is 4.96. The Morgan fingerprint density at radius 3 is 2.69 bits per heavy atom. The zero-order valence-electron chi connectivity index (χ0n) is 8.84. The van der Waals surface area contributed by atoms with Gasteiger partial charge in [0.25, 0.3) is 5.91 Å². The van der Waals surface area contributed by atoms with Crippen LogP contribution in [0.1, 0.15) is 30.1 Å². The molecule has 1 aromatic rings. The van der Waals surface area contributed by atoms with Crippen molar-refractivity contribution in [3.8, 4) is 0 Å². The Morgan fingerprint density at radius 1 is 1.44 bits per heavy atom. The highest BCUT2D eigenvalue weighted by Gasteiger charge is 2.27. The van der Waals surface area contributed by atoms with Crippen molar-refractivity contribution in [2.45, 2.75) is 25.8 Å². The molecule has 0 saturated heterocycles. The van der Waals surface area contributed by atoms with Gasteiger partial charge in [-0.1, -0.05) is 30.1 Å². The van der Waals surface area contributed by atoms with Crippen LogP contribution in [0.3, 0.4) is 0 Å². The second-order valence-electron chi connectivity index (χ2n) is 4.22. The SMILES string of the molecule is CC1CC(NC(=O)c2ccc(Cl)nc2Cl)C1. The summed E-state index contributed by atoms with van der Waals surface area (Å²) in [5.74, 6) is 0.523. The standard InChI is InChI=1S/C11H12Cl2N2O/c1-6-4-7(5-6)14-11(16)8-2-3-9(12)15-10(8)13/h2-3,6-7H,4-5H2,1H3,(H,14,16). The lowest BCUT2D eigenvalue weighted by molar-refractivity contribution is 0.0896. The van der Waals surface area contributed by atoms with Gasteiger partial charge in [0.1, 0.15) is 10.3 Å². The molecule has 16 heavy (non-hydrogen) atoms. The lowest BCUT2D eigenvalue weighted by atomic mass is 9.82. The zero-order chi connectivity index (χ0) is 11.7. The van der Waals surface area contributed by atoms with Crippen LogP contribution in [0.2, 0.25) is 10.3 Å². The molecule has 0 spiro atoms. The third-order valence-electron chi connectivity index (χ3n) is 2.77. The van der Waals surface area contributed by atoms with Crippen LogP contribution < -0.4 is 5.32 Å². The van der Waals surface area contributed by atoms with Crippen LogP contribution in [0, 0.1) is 5.92 Å². The maximum Gasteiger partial charge on any atom is 0.254 e. The molecule has 1 N–H and O–H groups in total. The molecule has 0 aromatic carbocycles. The number of hydrogen-bond donors (Lipinski definition) is 1. The van der Waals surface area contributed by atoms with Crippen LogP contribution in [-0.2, 0) is 0 Å². The molecule has 0 bridgehead atoms. The molecule has 1 fully saturated rings. The van der Waals surface area contributed by atoms with E-state index >= 15 is 0 Å². The fourth-order valence-electron chi connectivity index (χ4n) is 1.86. The first kappa shape index (κ1) is 11.7. The van der Waals surface area contributed by atoms with Crippen LogP contribution in [0.25, 0.3) is 0 Å². The molecule has 0 radical (unpaired) electrons. The number of hydrogen-bond acceptors (Lipinski definition) is 2. The van der Waals surface area contributed by atoms with Gasteiger partial charge in [0.05, 0.1) is 5.56 Å². The summed E-state index contributed by atoms with van der Waals surface area (Å²) in [6.45, 7) is 2.17. The van der Waals surface area contributed by atoms with Crippen LogP contribution in [0.15, 0.2) is 12.1 Å². The third-order valence-corrected chi connectivity index (χ3v) is 3.27. The van der Waals surface area contributed by atoms with Gasteiger partial charge in [0.2, 0.25) is 0 Å². The molecule has 1 saturated carbocycles. The minimum Gasteiger partial charge on any atom is -0.349 e. The van der Waals surface area contributed by atoms with E-state index < -0.39 is 0 Å². The Balaban J connectivity index is 2.03. The molecule has 1 aromatic heterocycles. The molecular weight excluding hydrogens is 247 g/mol. The Morgan fingerprint density at radius 2 is 2.12 bits per heavy atom. The lowest BCUT2D eigenvalue weighted by Crippen LogP contribution is -2.43. The molecule has 86 valence electrons.